The van der Waals surface area contributed by atoms with Crippen LogP contribution in [0.25, 0.3) is 0 Å². The summed E-state index contributed by atoms with van der Waals surface area (Å²) in [5.41, 5.74) is 10.1. The van der Waals surface area contributed by atoms with Crippen molar-refractivity contribution >= 4 is 0 Å². The molecule has 0 spiro atoms. The van der Waals surface area contributed by atoms with Gasteiger partial charge in [-0.2, -0.15) is 0 Å². The molecule has 1 unspecified atom stereocenters. The van der Waals surface area contributed by atoms with E-state index in [-0.39, 0.29) is 12.6 Å². The lowest BCUT2D eigenvalue weighted by Gasteiger charge is -2.27. The average molecular weight is 278 g/mol. The molecule has 0 bridgehead atoms. The molecule has 0 aliphatic heterocycles. The Morgan fingerprint density at radius 3 is 2.20 bits per heavy atom. The second kappa shape index (κ2) is 8.40. The summed E-state index contributed by atoms with van der Waals surface area (Å²) in [6.45, 7) is 10.8. The van der Waals surface area contributed by atoms with Crippen LogP contribution in [0.3, 0.4) is 0 Å². The molecule has 114 valence electrons. The fraction of sp³-hybridized carbons (Fsp3) is 0.647. The Morgan fingerprint density at radius 1 is 1.10 bits per heavy atom. The predicted molar refractivity (Wildman–Crippen MR) is 85.9 cm³/mol. The molecule has 1 aromatic carbocycles. The minimum absolute atomic E-state index is 0.0870. The number of nitrogens with zero attached hydrogens (tertiary/aromatic N) is 1. The van der Waals surface area contributed by atoms with Crippen LogP contribution in [0.4, 0.5) is 0 Å². The second-order valence-corrected chi connectivity index (χ2v) is 6.02. The van der Waals surface area contributed by atoms with Gasteiger partial charge in [0, 0.05) is 31.8 Å². The Bertz CT molecular complexity index is 384. The van der Waals surface area contributed by atoms with Gasteiger partial charge in [0.15, 0.2) is 0 Å². The first-order chi connectivity index (χ1) is 9.43. The third kappa shape index (κ3) is 5.61. The number of nitrogens with two attached hydrogens (primary N) is 1. The quantitative estimate of drug-likeness (QED) is 0.769. The maximum Gasteiger partial charge on any atom is 0.0443 e. The maximum absolute atomic E-state index is 8.96. The van der Waals surface area contributed by atoms with Crippen molar-refractivity contribution < 1.29 is 5.11 Å². The topological polar surface area (TPSA) is 49.5 Å². The minimum Gasteiger partial charge on any atom is -0.396 e. The summed E-state index contributed by atoms with van der Waals surface area (Å²) in [5.74, 6) is 0. The van der Waals surface area contributed by atoms with Crippen LogP contribution in [0.1, 0.15) is 49.4 Å². The van der Waals surface area contributed by atoms with E-state index in [0.29, 0.717) is 6.04 Å². The van der Waals surface area contributed by atoms with Gasteiger partial charge >= 0.3 is 0 Å². The summed E-state index contributed by atoms with van der Waals surface area (Å²) in [6.07, 6.45) is 1.78. The molecule has 0 heterocycles. The van der Waals surface area contributed by atoms with Gasteiger partial charge in [0.25, 0.3) is 0 Å². The lowest BCUT2D eigenvalue weighted by molar-refractivity contribution is 0.186. The molecule has 0 radical (unpaired) electrons. The van der Waals surface area contributed by atoms with Crippen LogP contribution in [0.15, 0.2) is 18.2 Å². The van der Waals surface area contributed by atoms with E-state index in [1.807, 2.05) is 0 Å². The van der Waals surface area contributed by atoms with E-state index >= 15 is 0 Å². The SMILES string of the molecule is Cc1cc(C)cc(C(N)CCN(CCCO)C(C)C)c1. The third-order valence-corrected chi connectivity index (χ3v) is 3.73. The van der Waals surface area contributed by atoms with Crippen molar-refractivity contribution in [1.82, 2.24) is 4.90 Å². The average Bonchev–Trinajstić information content (AvgIpc) is 2.36. The summed E-state index contributed by atoms with van der Waals surface area (Å²) >= 11 is 0. The molecule has 0 fully saturated rings. The van der Waals surface area contributed by atoms with Crippen LogP contribution in [0.5, 0.6) is 0 Å². The second-order valence-electron chi connectivity index (χ2n) is 6.02. The molecule has 0 aromatic heterocycles. The molecule has 1 aromatic rings. The molecule has 3 nitrogen and oxygen atoms in total. The Balaban J connectivity index is 2.58. The van der Waals surface area contributed by atoms with E-state index in [4.69, 9.17) is 10.8 Å². The van der Waals surface area contributed by atoms with E-state index in [0.717, 1.165) is 25.9 Å². The lowest BCUT2D eigenvalue weighted by atomic mass is 9.99. The Kier molecular flexibility index (Phi) is 7.20. The number of hydrogen-bond acceptors (Lipinski definition) is 3. The maximum atomic E-state index is 8.96. The van der Waals surface area contributed by atoms with Crippen molar-refractivity contribution in [1.29, 1.82) is 0 Å². The van der Waals surface area contributed by atoms with E-state index in [9.17, 15) is 0 Å². The fourth-order valence-corrected chi connectivity index (χ4v) is 2.60. The van der Waals surface area contributed by atoms with Crippen LogP contribution in [0.2, 0.25) is 0 Å². The van der Waals surface area contributed by atoms with Gasteiger partial charge in [-0.1, -0.05) is 29.3 Å². The molecule has 3 heteroatoms. The van der Waals surface area contributed by atoms with Crippen LogP contribution in [-0.4, -0.2) is 35.7 Å². The number of aryl methyl sites for hydroxylation is 2. The van der Waals surface area contributed by atoms with Crippen LogP contribution < -0.4 is 5.73 Å². The highest BCUT2D eigenvalue weighted by molar-refractivity contribution is 5.30. The summed E-state index contributed by atoms with van der Waals surface area (Å²) in [4.78, 5) is 2.39. The van der Waals surface area contributed by atoms with Gasteiger partial charge in [0.1, 0.15) is 0 Å². The largest absolute Gasteiger partial charge is 0.396 e. The molecule has 3 N–H and O–H groups in total. The van der Waals surface area contributed by atoms with Crippen molar-refractivity contribution in [3.63, 3.8) is 0 Å². The predicted octanol–water partition coefficient (Wildman–Crippen LogP) is 2.79. The van der Waals surface area contributed by atoms with Gasteiger partial charge in [-0.05, 0) is 46.1 Å². The van der Waals surface area contributed by atoms with E-state index in [1.54, 1.807) is 0 Å². The zero-order valence-electron chi connectivity index (χ0n) is 13.4. The van der Waals surface area contributed by atoms with Crippen LogP contribution in [-0.2, 0) is 0 Å². The lowest BCUT2D eigenvalue weighted by Crippen LogP contribution is -2.34. The van der Waals surface area contributed by atoms with Gasteiger partial charge < -0.3 is 15.7 Å². The molecule has 0 saturated heterocycles. The molecule has 0 aliphatic rings. The number of aliphatic hydroxyl groups is 1. The standard InChI is InChI=1S/C17H30N2O/c1-13(2)19(7-5-9-20)8-6-17(18)16-11-14(3)10-15(4)12-16/h10-13,17,20H,5-9,18H2,1-4H3. The fourth-order valence-electron chi connectivity index (χ4n) is 2.60. The highest BCUT2D eigenvalue weighted by Gasteiger charge is 2.13. The molecular weight excluding hydrogens is 248 g/mol. The Morgan fingerprint density at radius 2 is 1.70 bits per heavy atom. The van der Waals surface area contributed by atoms with Gasteiger partial charge in [-0.25, -0.2) is 0 Å². The van der Waals surface area contributed by atoms with Gasteiger partial charge in [-0.3, -0.25) is 0 Å². The van der Waals surface area contributed by atoms with E-state index in [2.05, 4.69) is 50.8 Å². The molecule has 1 atom stereocenters. The van der Waals surface area contributed by atoms with Crippen molar-refractivity contribution in [3.05, 3.63) is 34.9 Å². The first-order valence-corrected chi connectivity index (χ1v) is 7.62. The van der Waals surface area contributed by atoms with Crippen LogP contribution in [0, 0.1) is 13.8 Å². The molecule has 0 saturated carbocycles. The first-order valence-electron chi connectivity index (χ1n) is 7.62. The Labute approximate surface area is 123 Å². The van der Waals surface area contributed by atoms with Crippen molar-refractivity contribution in [2.75, 3.05) is 19.7 Å². The van der Waals surface area contributed by atoms with Gasteiger partial charge in [-0.15, -0.1) is 0 Å². The van der Waals surface area contributed by atoms with Crippen molar-refractivity contribution in [2.24, 2.45) is 5.73 Å². The molecule has 1 rings (SSSR count). The smallest absolute Gasteiger partial charge is 0.0443 e. The zero-order valence-corrected chi connectivity index (χ0v) is 13.4. The van der Waals surface area contributed by atoms with Gasteiger partial charge in [0.05, 0.1) is 0 Å². The Hall–Kier alpha value is -0.900. The normalized spacial score (nSPS) is 13.2. The minimum atomic E-state index is 0.0870. The van der Waals surface area contributed by atoms with Gasteiger partial charge in [0.2, 0.25) is 0 Å². The third-order valence-electron chi connectivity index (χ3n) is 3.73. The molecule has 0 aliphatic carbocycles. The van der Waals surface area contributed by atoms with Crippen molar-refractivity contribution in [2.45, 2.75) is 52.6 Å². The highest BCUT2D eigenvalue weighted by Crippen LogP contribution is 2.18. The van der Waals surface area contributed by atoms with Crippen LogP contribution >= 0.6 is 0 Å². The molecule has 20 heavy (non-hydrogen) atoms. The summed E-state index contributed by atoms with van der Waals surface area (Å²) in [7, 11) is 0. The van der Waals surface area contributed by atoms with Crippen molar-refractivity contribution in [3.8, 4) is 0 Å². The molecular formula is C17H30N2O. The number of hydrogen-bond donors (Lipinski definition) is 2. The number of benzene rings is 1. The van der Waals surface area contributed by atoms with E-state index in [1.165, 1.54) is 16.7 Å². The number of rotatable bonds is 8. The summed E-state index contributed by atoms with van der Waals surface area (Å²) in [5, 5.41) is 8.96. The monoisotopic (exact) mass is 278 g/mol. The van der Waals surface area contributed by atoms with E-state index < -0.39 is 0 Å². The zero-order chi connectivity index (χ0) is 15.1. The summed E-state index contributed by atoms with van der Waals surface area (Å²) < 4.78 is 0. The molecule has 0 amide bonds. The highest BCUT2D eigenvalue weighted by atomic mass is 16.3. The summed E-state index contributed by atoms with van der Waals surface area (Å²) in [6, 6.07) is 7.13. The first kappa shape index (κ1) is 17.2. The number of aliphatic hydroxyl groups excluding tert-OH is 1.